The number of benzene rings is 1. The Kier molecular flexibility index (Phi) is 4.13. The summed E-state index contributed by atoms with van der Waals surface area (Å²) in [5, 5.41) is 4.97. The molecule has 1 aliphatic carbocycles. The number of rotatable bonds is 4. The molecule has 0 aliphatic heterocycles. The lowest BCUT2D eigenvalue weighted by molar-refractivity contribution is 0.424. The number of nitrogens with zero attached hydrogens (tertiary/aromatic N) is 6. The highest BCUT2D eigenvalue weighted by molar-refractivity contribution is 6.30. The minimum atomic E-state index is -0.543. The average Bonchev–Trinajstić information content (AvgIpc) is 3.36. The fourth-order valence-electron chi connectivity index (χ4n) is 3.92. The van der Waals surface area contributed by atoms with Crippen molar-refractivity contribution in [2.45, 2.75) is 31.8 Å². The Balaban J connectivity index is 1.42. The molecule has 0 saturated heterocycles. The third-order valence-corrected chi connectivity index (χ3v) is 5.59. The second-order valence-electron chi connectivity index (χ2n) is 7.23. The van der Waals surface area contributed by atoms with Crippen molar-refractivity contribution in [2.75, 3.05) is 0 Å². The van der Waals surface area contributed by atoms with Gasteiger partial charge < -0.3 is 8.98 Å². The van der Waals surface area contributed by atoms with E-state index in [1.165, 1.54) is 27.5 Å². The van der Waals surface area contributed by atoms with Crippen LogP contribution < -0.4 is 11.3 Å². The number of fused-ring (bicyclic) bond motifs is 2. The molecule has 0 fully saturated rings. The zero-order valence-corrected chi connectivity index (χ0v) is 16.3. The van der Waals surface area contributed by atoms with Crippen LogP contribution in [0, 0.1) is 0 Å². The van der Waals surface area contributed by atoms with Gasteiger partial charge in [-0.2, -0.15) is 4.68 Å². The minimum absolute atomic E-state index is 0.0161. The Hall–Kier alpha value is -3.20. The smallest absolute Gasteiger partial charge is 0.390 e. The lowest BCUT2D eigenvalue weighted by Gasteiger charge is -2.10. The monoisotopic (exact) mass is 412 g/mol. The lowest BCUT2D eigenvalue weighted by atomic mass is 10.0. The molecule has 0 spiro atoms. The van der Waals surface area contributed by atoms with Gasteiger partial charge in [0.15, 0.2) is 11.2 Å². The van der Waals surface area contributed by atoms with Gasteiger partial charge in [-0.25, -0.2) is 14.8 Å². The molecular formula is C19H17ClN6O3. The second kappa shape index (κ2) is 6.70. The van der Waals surface area contributed by atoms with E-state index in [9.17, 15) is 9.59 Å². The summed E-state index contributed by atoms with van der Waals surface area (Å²) in [6.07, 6.45) is 4.78. The van der Waals surface area contributed by atoms with Crippen LogP contribution in [0.1, 0.15) is 29.4 Å². The van der Waals surface area contributed by atoms with Crippen molar-refractivity contribution in [2.24, 2.45) is 7.05 Å². The summed E-state index contributed by atoms with van der Waals surface area (Å²) in [6.45, 7) is 0.422. The van der Waals surface area contributed by atoms with E-state index in [4.69, 9.17) is 16.0 Å². The standard InChI is InChI=1S/C19H17ClN6O3/c1-24-9-21-17-16(24)18(27)25(10-22-17)8-15-23-26(19(28)29-15)7-12-3-2-11-4-5-13(20)6-14(11)12/h4-6,9-10,12H,2-3,7-8H2,1H3/t12-/m0/s1. The summed E-state index contributed by atoms with van der Waals surface area (Å²) in [5.74, 6) is -0.239. The van der Waals surface area contributed by atoms with E-state index in [1.807, 2.05) is 18.2 Å². The van der Waals surface area contributed by atoms with E-state index in [-0.39, 0.29) is 23.9 Å². The minimum Gasteiger partial charge on any atom is -0.390 e. The topological polar surface area (TPSA) is 101 Å². The van der Waals surface area contributed by atoms with Crippen molar-refractivity contribution in [3.63, 3.8) is 0 Å². The van der Waals surface area contributed by atoms with E-state index >= 15 is 0 Å². The Morgan fingerprint density at radius 2 is 2.07 bits per heavy atom. The predicted molar refractivity (Wildman–Crippen MR) is 105 cm³/mol. The normalized spacial score (nSPS) is 15.9. The predicted octanol–water partition coefficient (Wildman–Crippen LogP) is 1.71. The first-order valence-corrected chi connectivity index (χ1v) is 9.59. The largest absolute Gasteiger partial charge is 0.437 e. The second-order valence-corrected chi connectivity index (χ2v) is 7.66. The number of hydrogen-bond donors (Lipinski definition) is 0. The van der Waals surface area contributed by atoms with Gasteiger partial charge in [-0.05, 0) is 36.1 Å². The van der Waals surface area contributed by atoms with Crippen molar-refractivity contribution in [1.29, 1.82) is 0 Å². The van der Waals surface area contributed by atoms with Crippen molar-refractivity contribution in [1.82, 2.24) is 28.9 Å². The molecule has 0 radical (unpaired) electrons. The van der Waals surface area contributed by atoms with Crippen LogP contribution in [0.3, 0.4) is 0 Å². The van der Waals surface area contributed by atoms with Crippen molar-refractivity contribution in [3.05, 3.63) is 73.8 Å². The fourth-order valence-corrected chi connectivity index (χ4v) is 4.10. The summed E-state index contributed by atoms with van der Waals surface area (Å²) in [5.41, 5.74) is 2.88. The van der Waals surface area contributed by atoms with E-state index in [1.54, 1.807) is 11.6 Å². The summed E-state index contributed by atoms with van der Waals surface area (Å²) < 4.78 is 9.56. The Bertz CT molecular complexity index is 1350. The van der Waals surface area contributed by atoms with Gasteiger partial charge in [-0.1, -0.05) is 17.7 Å². The van der Waals surface area contributed by atoms with Gasteiger partial charge in [0, 0.05) is 18.0 Å². The molecule has 0 amide bonds. The quantitative estimate of drug-likeness (QED) is 0.505. The number of hydrogen-bond acceptors (Lipinski definition) is 6. The number of aromatic nitrogens is 6. The molecule has 0 unspecified atom stereocenters. The lowest BCUT2D eigenvalue weighted by Crippen LogP contribution is -2.23. The molecule has 3 heterocycles. The molecule has 0 bridgehead atoms. The molecule has 29 heavy (non-hydrogen) atoms. The fraction of sp³-hybridized carbons (Fsp3) is 0.316. The van der Waals surface area contributed by atoms with Crippen LogP contribution >= 0.6 is 11.6 Å². The summed E-state index contributed by atoms with van der Waals surface area (Å²) in [4.78, 5) is 33.2. The highest BCUT2D eigenvalue weighted by atomic mass is 35.5. The summed E-state index contributed by atoms with van der Waals surface area (Å²) in [7, 11) is 1.73. The van der Waals surface area contributed by atoms with E-state index < -0.39 is 5.76 Å². The van der Waals surface area contributed by atoms with Gasteiger partial charge in [0.25, 0.3) is 5.56 Å². The van der Waals surface area contributed by atoms with E-state index in [2.05, 4.69) is 15.1 Å². The highest BCUT2D eigenvalue weighted by Gasteiger charge is 2.25. The third-order valence-electron chi connectivity index (χ3n) is 5.36. The molecule has 5 rings (SSSR count). The summed E-state index contributed by atoms with van der Waals surface area (Å²) in [6, 6.07) is 5.87. The summed E-state index contributed by atoms with van der Waals surface area (Å²) >= 11 is 6.13. The average molecular weight is 413 g/mol. The Labute approximate surface area is 169 Å². The molecule has 0 N–H and O–H groups in total. The molecular weight excluding hydrogens is 396 g/mol. The molecule has 9 nitrogen and oxygen atoms in total. The number of aryl methyl sites for hydroxylation is 2. The Morgan fingerprint density at radius 3 is 2.93 bits per heavy atom. The zero-order valence-electron chi connectivity index (χ0n) is 15.6. The van der Waals surface area contributed by atoms with Crippen LogP contribution in [-0.4, -0.2) is 28.9 Å². The maximum Gasteiger partial charge on any atom is 0.437 e. The first kappa shape index (κ1) is 17.9. The number of imidazole rings is 1. The van der Waals surface area contributed by atoms with Crippen molar-refractivity contribution < 1.29 is 4.42 Å². The molecule has 0 saturated carbocycles. The Morgan fingerprint density at radius 1 is 1.24 bits per heavy atom. The molecule has 10 heteroatoms. The molecule has 4 aromatic rings. The first-order valence-electron chi connectivity index (χ1n) is 9.21. The number of halogens is 1. The van der Waals surface area contributed by atoms with Crippen LogP contribution in [0.15, 0.2) is 44.9 Å². The van der Waals surface area contributed by atoms with Crippen molar-refractivity contribution >= 4 is 22.8 Å². The van der Waals surface area contributed by atoms with Gasteiger partial charge >= 0.3 is 5.76 Å². The van der Waals surface area contributed by atoms with Crippen LogP contribution in [0.25, 0.3) is 11.2 Å². The molecule has 1 aromatic carbocycles. The molecule has 1 atom stereocenters. The SMILES string of the molecule is Cn1cnc2ncn(Cc3nn(C[C@@H]4CCc5ccc(Cl)cc54)c(=O)o3)c(=O)c21. The maximum absolute atomic E-state index is 12.6. The maximum atomic E-state index is 12.6. The van der Waals surface area contributed by atoms with Gasteiger partial charge in [0.05, 0.1) is 12.9 Å². The zero-order chi connectivity index (χ0) is 20.1. The van der Waals surface area contributed by atoms with Crippen LogP contribution in [-0.2, 0) is 26.6 Å². The first-order chi connectivity index (χ1) is 14.0. The van der Waals surface area contributed by atoms with E-state index in [0.29, 0.717) is 22.7 Å². The van der Waals surface area contributed by atoms with Crippen LogP contribution in [0.2, 0.25) is 5.02 Å². The van der Waals surface area contributed by atoms with Gasteiger partial charge in [-0.15, -0.1) is 5.10 Å². The third kappa shape index (κ3) is 3.07. The molecule has 3 aromatic heterocycles. The van der Waals surface area contributed by atoms with Crippen molar-refractivity contribution in [3.8, 4) is 0 Å². The van der Waals surface area contributed by atoms with Crippen LogP contribution in [0.5, 0.6) is 0 Å². The van der Waals surface area contributed by atoms with Gasteiger partial charge in [0.1, 0.15) is 12.9 Å². The van der Waals surface area contributed by atoms with E-state index in [0.717, 1.165) is 18.4 Å². The highest BCUT2D eigenvalue weighted by Crippen LogP contribution is 2.35. The van der Waals surface area contributed by atoms with Gasteiger partial charge in [-0.3, -0.25) is 9.36 Å². The van der Waals surface area contributed by atoms with Crippen LogP contribution in [0.4, 0.5) is 0 Å². The molecule has 1 aliphatic rings. The van der Waals surface area contributed by atoms with Gasteiger partial charge in [0.2, 0.25) is 5.89 Å². The molecule has 148 valence electrons.